The lowest BCUT2D eigenvalue weighted by molar-refractivity contribution is -0.135. The lowest BCUT2D eigenvalue weighted by atomic mass is 10.1. The Hall–Kier alpha value is -5.21. The van der Waals surface area contributed by atoms with Crippen molar-refractivity contribution < 1.29 is 23.6 Å². The number of hydrogen-bond acceptors (Lipinski definition) is 9. The van der Waals surface area contributed by atoms with Gasteiger partial charge < -0.3 is 24.9 Å². The normalized spacial score (nSPS) is 17.4. The second kappa shape index (κ2) is 14.5. The summed E-state index contributed by atoms with van der Waals surface area (Å²) in [5.41, 5.74) is -0.445. The van der Waals surface area contributed by atoms with E-state index in [1.165, 1.54) is 36.4 Å². The highest BCUT2D eigenvalue weighted by Crippen LogP contribution is 2.31. The van der Waals surface area contributed by atoms with Crippen LogP contribution in [-0.4, -0.2) is 116 Å². The van der Waals surface area contributed by atoms with E-state index in [1.54, 1.807) is 37.3 Å². The van der Waals surface area contributed by atoms with Gasteiger partial charge in [0.25, 0.3) is 5.91 Å². The number of carbonyl (C=O) groups excluding carboxylic acids is 4. The third kappa shape index (κ3) is 7.15. The molecule has 49 heavy (non-hydrogen) atoms. The fourth-order valence-electron chi connectivity index (χ4n) is 5.88. The third-order valence-electron chi connectivity index (χ3n) is 8.77. The Labute approximate surface area is 284 Å². The number of piperazine rings is 1. The van der Waals surface area contributed by atoms with Crippen LogP contribution in [0.1, 0.15) is 63.6 Å². The number of likely N-dealkylation sites (N-methyl/N-ethyl adjacent to an activating group) is 2. The number of pyridine rings is 2. The molecule has 15 heteroatoms. The molecule has 0 aliphatic carbocycles. The first kappa shape index (κ1) is 36.6. The lowest BCUT2D eigenvalue weighted by Crippen LogP contribution is -2.58. The lowest BCUT2D eigenvalue weighted by Gasteiger charge is -2.44. The predicted octanol–water partition coefficient (Wildman–Crippen LogP) is 2.10. The smallest absolute Gasteiger partial charge is 0.349 e. The van der Waals surface area contributed by atoms with Crippen LogP contribution in [0.2, 0.25) is 0 Å². The van der Waals surface area contributed by atoms with E-state index in [2.05, 4.69) is 26.8 Å². The molecule has 2 unspecified atom stereocenters. The largest absolute Gasteiger partial charge is 0.355 e. The molecule has 3 aromatic rings. The molecule has 3 aromatic heterocycles. The van der Waals surface area contributed by atoms with Gasteiger partial charge in [0.1, 0.15) is 17.9 Å². The highest BCUT2D eigenvalue weighted by molar-refractivity contribution is 5.99. The van der Waals surface area contributed by atoms with Gasteiger partial charge in [-0.15, -0.1) is 0 Å². The number of halogens is 1. The topological polar surface area (TPSA) is 154 Å². The van der Waals surface area contributed by atoms with Crippen molar-refractivity contribution in [2.24, 2.45) is 0 Å². The molecule has 1 fully saturated rings. The van der Waals surface area contributed by atoms with Crippen LogP contribution in [0.5, 0.6) is 0 Å². The molecule has 4 rings (SSSR count). The number of carbonyl (C=O) groups is 4. The Kier molecular flexibility index (Phi) is 10.8. The molecule has 0 aromatic carbocycles. The number of aromatic nitrogens is 4. The molecule has 4 atom stereocenters. The number of nitrogens with zero attached hydrogens (tertiary/aromatic N) is 8. The van der Waals surface area contributed by atoms with Crippen molar-refractivity contribution in [3.8, 4) is 5.69 Å². The summed E-state index contributed by atoms with van der Waals surface area (Å²) in [5.74, 6) is -3.07. The Balaban J connectivity index is 1.88. The van der Waals surface area contributed by atoms with Gasteiger partial charge in [-0.05, 0) is 57.9 Å². The second-order valence-electron chi connectivity index (χ2n) is 12.9. The molecule has 1 aliphatic heterocycles. The number of nitrogens with one attached hydrogen (secondary N) is 1. The number of anilines is 1. The molecule has 14 nitrogen and oxygen atoms in total. The van der Waals surface area contributed by atoms with Crippen LogP contribution >= 0.6 is 0 Å². The van der Waals surface area contributed by atoms with Gasteiger partial charge in [-0.2, -0.15) is 4.98 Å². The van der Waals surface area contributed by atoms with E-state index in [0.717, 1.165) is 11.0 Å². The third-order valence-corrected chi connectivity index (χ3v) is 8.77. The SMILES string of the molecule is C=CC(=O)N1C[C@H](C)N(c2nc(=O)n(-c3cccnc3C(C)C)c3nc(C(=O)N(C)C(C)C(=O)NC(C)C(=O)N(C)C)c(F)cc23)C[C@H]1C. The Morgan fingerprint density at radius 1 is 1.06 bits per heavy atom. The molecule has 0 radical (unpaired) electrons. The van der Waals surface area contributed by atoms with Gasteiger partial charge in [-0.25, -0.2) is 18.7 Å². The van der Waals surface area contributed by atoms with Gasteiger partial charge in [0.05, 0.1) is 16.8 Å². The monoisotopic (exact) mass is 677 g/mol. The summed E-state index contributed by atoms with van der Waals surface area (Å²) in [4.78, 5) is 84.8. The second-order valence-corrected chi connectivity index (χ2v) is 12.9. The molecule has 0 spiro atoms. The van der Waals surface area contributed by atoms with Crippen LogP contribution in [0, 0.1) is 5.82 Å². The van der Waals surface area contributed by atoms with Gasteiger partial charge in [-0.1, -0.05) is 20.4 Å². The average molecular weight is 678 g/mol. The van der Waals surface area contributed by atoms with Crippen molar-refractivity contribution in [1.82, 2.24) is 39.5 Å². The molecule has 4 heterocycles. The maximum absolute atomic E-state index is 16.1. The molecular formula is C34H44FN9O5. The van der Waals surface area contributed by atoms with Crippen molar-refractivity contribution in [2.75, 3.05) is 39.1 Å². The molecule has 1 saturated heterocycles. The van der Waals surface area contributed by atoms with E-state index in [4.69, 9.17) is 0 Å². The number of fused-ring (bicyclic) bond motifs is 1. The van der Waals surface area contributed by atoms with Crippen molar-refractivity contribution in [3.63, 3.8) is 0 Å². The van der Waals surface area contributed by atoms with Crippen LogP contribution in [0.3, 0.4) is 0 Å². The Morgan fingerprint density at radius 2 is 1.73 bits per heavy atom. The summed E-state index contributed by atoms with van der Waals surface area (Å²) in [6.45, 7) is 14.7. The Bertz CT molecular complexity index is 1860. The van der Waals surface area contributed by atoms with E-state index in [9.17, 15) is 24.0 Å². The van der Waals surface area contributed by atoms with Crippen LogP contribution in [0.4, 0.5) is 10.2 Å². The van der Waals surface area contributed by atoms with Crippen molar-refractivity contribution in [2.45, 2.75) is 71.6 Å². The minimum Gasteiger partial charge on any atom is -0.349 e. The molecule has 1 aliphatic rings. The van der Waals surface area contributed by atoms with E-state index in [0.29, 0.717) is 17.9 Å². The Morgan fingerprint density at radius 3 is 2.35 bits per heavy atom. The zero-order valence-corrected chi connectivity index (χ0v) is 29.4. The first-order valence-electron chi connectivity index (χ1n) is 16.1. The minimum absolute atomic E-state index is 0.0326. The fourth-order valence-corrected chi connectivity index (χ4v) is 5.88. The van der Waals surface area contributed by atoms with Gasteiger partial charge >= 0.3 is 5.69 Å². The molecule has 0 saturated carbocycles. The summed E-state index contributed by atoms with van der Waals surface area (Å²) >= 11 is 0. The zero-order chi connectivity index (χ0) is 36.5. The van der Waals surface area contributed by atoms with Gasteiger partial charge in [-0.3, -0.25) is 24.2 Å². The summed E-state index contributed by atoms with van der Waals surface area (Å²) in [6, 6.07) is 1.86. The van der Waals surface area contributed by atoms with E-state index >= 15 is 4.39 Å². The fraction of sp³-hybridized carbons (Fsp3) is 0.471. The van der Waals surface area contributed by atoms with Crippen LogP contribution in [0.15, 0.2) is 41.8 Å². The van der Waals surface area contributed by atoms with Crippen LogP contribution < -0.4 is 15.9 Å². The minimum atomic E-state index is -1.11. The van der Waals surface area contributed by atoms with E-state index in [1.807, 2.05) is 32.6 Å². The van der Waals surface area contributed by atoms with Gasteiger partial charge in [0.2, 0.25) is 17.7 Å². The average Bonchev–Trinajstić information content (AvgIpc) is 3.06. The predicted molar refractivity (Wildman–Crippen MR) is 183 cm³/mol. The molecule has 0 bridgehead atoms. The highest BCUT2D eigenvalue weighted by Gasteiger charge is 2.35. The zero-order valence-electron chi connectivity index (χ0n) is 29.4. The number of amides is 4. The quantitative estimate of drug-likeness (QED) is 0.336. The van der Waals surface area contributed by atoms with Crippen LogP contribution in [-0.2, 0) is 14.4 Å². The standard InChI is InChI=1S/C34H44FN9O5/c1-11-26(45)42-16-20(5)43(17-19(42)4)29-23-15-24(35)28(33(48)41(10)22(7)31(46)37-21(6)32(47)40(8)9)38-30(23)44(34(49)39-29)25-13-12-14-36-27(25)18(2)3/h11-15,18-22H,1,16-17H2,2-10H3,(H,37,46)/t19-,20+,21?,22?/m1/s1. The highest BCUT2D eigenvalue weighted by atomic mass is 19.1. The summed E-state index contributed by atoms with van der Waals surface area (Å²) in [7, 11) is 4.44. The molecule has 1 N–H and O–H groups in total. The number of hydrogen-bond donors (Lipinski definition) is 1. The molecule has 262 valence electrons. The van der Waals surface area contributed by atoms with Crippen LogP contribution in [0.25, 0.3) is 16.7 Å². The maximum atomic E-state index is 16.1. The van der Waals surface area contributed by atoms with Gasteiger partial charge in [0, 0.05) is 52.5 Å². The molecule has 4 amide bonds. The van der Waals surface area contributed by atoms with E-state index < -0.39 is 41.1 Å². The van der Waals surface area contributed by atoms with E-state index in [-0.39, 0.29) is 53.2 Å². The first-order valence-corrected chi connectivity index (χ1v) is 16.1. The first-order chi connectivity index (χ1) is 23.0. The van der Waals surface area contributed by atoms with Crippen molar-refractivity contribution >= 4 is 40.5 Å². The number of rotatable bonds is 9. The molecular weight excluding hydrogens is 633 g/mol. The van der Waals surface area contributed by atoms with Crippen molar-refractivity contribution in [1.29, 1.82) is 0 Å². The summed E-state index contributed by atoms with van der Waals surface area (Å²) in [5, 5.41) is 2.74. The summed E-state index contributed by atoms with van der Waals surface area (Å²) < 4.78 is 17.3. The summed E-state index contributed by atoms with van der Waals surface area (Å²) in [6.07, 6.45) is 2.84. The maximum Gasteiger partial charge on any atom is 0.355 e. The van der Waals surface area contributed by atoms with Gasteiger partial charge in [0.15, 0.2) is 17.2 Å². The van der Waals surface area contributed by atoms with Crippen molar-refractivity contribution in [3.05, 3.63) is 64.7 Å².